The summed E-state index contributed by atoms with van der Waals surface area (Å²) >= 11 is 0. The second-order valence-corrected chi connectivity index (χ2v) is 11.6. The number of fused-ring (bicyclic) bond motifs is 1. The Morgan fingerprint density at radius 1 is 1.16 bits per heavy atom. The predicted octanol–water partition coefficient (Wildman–Crippen LogP) is 1.53. The molecule has 3 aromatic rings. The van der Waals surface area contributed by atoms with Gasteiger partial charge in [0.2, 0.25) is 0 Å². The molecule has 1 fully saturated rings. The molecule has 0 bridgehead atoms. The number of para-hydroxylation sites is 1. The van der Waals surface area contributed by atoms with Crippen molar-refractivity contribution < 1.29 is 37.0 Å². The lowest BCUT2D eigenvalue weighted by Gasteiger charge is -2.21. The monoisotopic (exact) mass is 638 g/mol. The van der Waals surface area contributed by atoms with Crippen LogP contribution in [0, 0.1) is 5.92 Å². The van der Waals surface area contributed by atoms with Gasteiger partial charge in [0.05, 0.1) is 17.8 Å². The number of rotatable bonds is 11. The highest BCUT2D eigenvalue weighted by atomic mass is 32.2. The Kier molecular flexibility index (Phi) is 11.9. The predicted molar refractivity (Wildman–Crippen MR) is 159 cm³/mol. The molecule has 3 heterocycles. The van der Waals surface area contributed by atoms with Crippen molar-refractivity contribution in [1.29, 1.82) is 0 Å². The van der Waals surface area contributed by atoms with Gasteiger partial charge in [0.15, 0.2) is 30.0 Å². The normalized spacial score (nSPS) is 20.0. The fourth-order valence-corrected chi connectivity index (χ4v) is 5.10. The second kappa shape index (κ2) is 15.2. The molecular weight excluding hydrogens is 599 g/mol. The number of ether oxygens (including phenoxy) is 2. The van der Waals surface area contributed by atoms with Crippen LogP contribution in [-0.4, -0.2) is 94.4 Å². The standard InChI is InChI=1S/C21H24FN7O7S.C6H15N/c1-10(2)21(32)36-16-13(7-27-37(33,34)28-19(31)11-5-3-4-6-12(11)30)35-20(14(16)22)29-9-26-15-17(23)24-8-25-18(15)29;1-4-7(5-2)6-3/h3-6,8-10,13-14,16,20,27,30H,7H2,1-2H3,(H,28,31)(H2,23,24,25);4-6H2,1-3H3/t13-,14-,16-,20-;/m1./s1. The van der Waals surface area contributed by atoms with Gasteiger partial charge in [-0.2, -0.15) is 13.1 Å². The molecule has 17 heteroatoms. The van der Waals surface area contributed by atoms with E-state index in [1.165, 1.54) is 54.8 Å². The molecule has 44 heavy (non-hydrogen) atoms. The number of nitrogens with one attached hydrogen (secondary N) is 2. The van der Waals surface area contributed by atoms with Crippen molar-refractivity contribution in [3.8, 4) is 5.75 Å². The number of phenolic OH excluding ortho intramolecular Hbond substituents is 1. The molecule has 0 aliphatic carbocycles. The Labute approximate surface area is 255 Å². The average Bonchev–Trinajstić information content (AvgIpc) is 3.54. The first kappa shape index (κ1) is 34.6. The molecule has 2 aromatic heterocycles. The summed E-state index contributed by atoms with van der Waals surface area (Å²) in [5.41, 5.74) is 5.87. The molecule has 1 amide bonds. The number of amides is 1. The van der Waals surface area contributed by atoms with Crippen molar-refractivity contribution in [2.24, 2.45) is 5.92 Å². The van der Waals surface area contributed by atoms with E-state index in [4.69, 9.17) is 15.2 Å². The lowest BCUT2D eigenvalue weighted by Crippen LogP contribution is -2.46. The zero-order chi connectivity index (χ0) is 32.6. The number of aromatic nitrogens is 4. The van der Waals surface area contributed by atoms with Crippen LogP contribution >= 0.6 is 0 Å². The topological polar surface area (TPSA) is 204 Å². The highest BCUT2D eigenvalue weighted by Crippen LogP contribution is 2.36. The first-order valence-corrected chi connectivity index (χ1v) is 15.6. The molecule has 1 aromatic carbocycles. The Bertz CT molecular complexity index is 1530. The molecule has 242 valence electrons. The quantitative estimate of drug-likeness (QED) is 0.221. The van der Waals surface area contributed by atoms with E-state index in [1.807, 2.05) is 0 Å². The molecule has 4 atom stereocenters. The van der Waals surface area contributed by atoms with Crippen LogP contribution in [0.1, 0.15) is 51.2 Å². The van der Waals surface area contributed by atoms with Crippen molar-refractivity contribution in [1.82, 2.24) is 33.9 Å². The summed E-state index contributed by atoms with van der Waals surface area (Å²) in [5.74, 6) is -2.77. The summed E-state index contributed by atoms with van der Waals surface area (Å²) in [7, 11) is -4.49. The van der Waals surface area contributed by atoms with E-state index in [-0.39, 0.29) is 22.5 Å². The third kappa shape index (κ3) is 8.37. The summed E-state index contributed by atoms with van der Waals surface area (Å²) in [6.07, 6.45) is -3.75. The van der Waals surface area contributed by atoms with Gasteiger partial charge in [0.1, 0.15) is 23.7 Å². The molecule has 15 nitrogen and oxygen atoms in total. The molecule has 1 aliphatic heterocycles. The number of nitrogens with two attached hydrogens (primary N) is 1. The van der Waals surface area contributed by atoms with E-state index >= 15 is 4.39 Å². The summed E-state index contributed by atoms with van der Waals surface area (Å²) in [4.78, 5) is 38.9. The zero-order valence-electron chi connectivity index (χ0n) is 25.2. The minimum Gasteiger partial charge on any atom is -0.507 e. The van der Waals surface area contributed by atoms with Crippen LogP contribution in [0.3, 0.4) is 0 Å². The Balaban J connectivity index is 0.000000676. The van der Waals surface area contributed by atoms with E-state index in [1.54, 1.807) is 18.6 Å². The number of esters is 1. The molecule has 0 saturated carbocycles. The van der Waals surface area contributed by atoms with Crippen LogP contribution in [0.4, 0.5) is 10.2 Å². The molecule has 4 rings (SSSR count). The summed E-state index contributed by atoms with van der Waals surface area (Å²) in [6.45, 7) is 12.7. The zero-order valence-corrected chi connectivity index (χ0v) is 26.0. The number of carbonyl (C=O) groups is 2. The number of carbonyl (C=O) groups excluding carboxylic acids is 2. The largest absolute Gasteiger partial charge is 0.507 e. The van der Waals surface area contributed by atoms with Crippen LogP contribution in [0.15, 0.2) is 36.9 Å². The van der Waals surface area contributed by atoms with Gasteiger partial charge < -0.3 is 25.2 Å². The maximum absolute atomic E-state index is 15.6. The van der Waals surface area contributed by atoms with Crippen LogP contribution in [0.2, 0.25) is 0 Å². The first-order chi connectivity index (χ1) is 20.8. The number of alkyl halides is 1. The Hall–Kier alpha value is -3.93. The summed E-state index contributed by atoms with van der Waals surface area (Å²) < 4.78 is 56.7. The van der Waals surface area contributed by atoms with Crippen molar-refractivity contribution in [3.05, 3.63) is 42.5 Å². The number of benzene rings is 1. The fourth-order valence-electron chi connectivity index (χ4n) is 4.29. The first-order valence-electron chi connectivity index (χ1n) is 14.1. The SMILES string of the molecule is CC(C)C(=O)O[C@H]1[C@@H](F)[C@H](n2cnc3c(N)ncnc32)O[C@@H]1CNS(=O)(=O)NC(=O)c1ccccc1O.CCN(CC)CC. The lowest BCUT2D eigenvalue weighted by molar-refractivity contribution is -0.157. The highest BCUT2D eigenvalue weighted by molar-refractivity contribution is 7.88. The van der Waals surface area contributed by atoms with Gasteiger partial charge in [-0.05, 0) is 31.8 Å². The van der Waals surface area contributed by atoms with E-state index in [2.05, 4.69) is 45.3 Å². The van der Waals surface area contributed by atoms with Crippen LogP contribution < -0.4 is 15.2 Å². The molecule has 5 N–H and O–H groups in total. The van der Waals surface area contributed by atoms with Gasteiger partial charge in [0, 0.05) is 6.54 Å². The molecule has 0 spiro atoms. The minimum atomic E-state index is -4.49. The van der Waals surface area contributed by atoms with Gasteiger partial charge in [-0.25, -0.2) is 24.1 Å². The number of nitrogens with zero attached hydrogens (tertiary/aromatic N) is 5. The third-order valence-corrected chi connectivity index (χ3v) is 7.84. The number of nitrogen functional groups attached to an aromatic ring is 1. The number of imidazole rings is 1. The van der Waals surface area contributed by atoms with Gasteiger partial charge in [-0.3, -0.25) is 14.2 Å². The van der Waals surface area contributed by atoms with Gasteiger partial charge >= 0.3 is 16.2 Å². The summed E-state index contributed by atoms with van der Waals surface area (Å²) in [5, 5.41) is 9.77. The number of anilines is 1. The molecular formula is C27H39FN8O7S. The highest BCUT2D eigenvalue weighted by Gasteiger charge is 2.49. The van der Waals surface area contributed by atoms with Crippen molar-refractivity contribution >= 4 is 39.1 Å². The number of hydrogen-bond donors (Lipinski definition) is 4. The number of phenols is 1. The minimum absolute atomic E-state index is 0.0597. The Morgan fingerprint density at radius 3 is 2.41 bits per heavy atom. The second-order valence-electron chi connectivity index (χ2n) is 10.1. The van der Waals surface area contributed by atoms with E-state index in [0.29, 0.717) is 0 Å². The van der Waals surface area contributed by atoms with Gasteiger partial charge in [0.25, 0.3) is 5.91 Å². The van der Waals surface area contributed by atoms with Crippen molar-refractivity contribution in [2.45, 2.75) is 59.2 Å². The fraction of sp³-hybridized carbons (Fsp3) is 0.519. The molecule has 0 radical (unpaired) electrons. The molecule has 1 aliphatic rings. The number of hydrogen-bond acceptors (Lipinski definition) is 12. The maximum Gasteiger partial charge on any atom is 0.308 e. The molecule has 0 unspecified atom stereocenters. The van der Waals surface area contributed by atoms with Crippen LogP contribution in [-0.2, 0) is 24.5 Å². The van der Waals surface area contributed by atoms with Crippen LogP contribution in [0.25, 0.3) is 11.2 Å². The van der Waals surface area contributed by atoms with E-state index < -0.39 is 64.9 Å². The van der Waals surface area contributed by atoms with Crippen LogP contribution in [0.5, 0.6) is 5.75 Å². The van der Waals surface area contributed by atoms with Crippen molar-refractivity contribution in [3.63, 3.8) is 0 Å². The lowest BCUT2D eigenvalue weighted by atomic mass is 10.1. The van der Waals surface area contributed by atoms with E-state index in [9.17, 15) is 23.1 Å². The van der Waals surface area contributed by atoms with Gasteiger partial charge in [-0.1, -0.05) is 46.8 Å². The summed E-state index contributed by atoms with van der Waals surface area (Å²) in [6, 6.07) is 5.34. The number of aromatic hydroxyl groups is 1. The number of halogens is 1. The smallest absolute Gasteiger partial charge is 0.308 e. The maximum atomic E-state index is 15.6. The van der Waals surface area contributed by atoms with Gasteiger partial charge in [-0.15, -0.1) is 0 Å². The third-order valence-electron chi connectivity index (χ3n) is 6.84. The van der Waals surface area contributed by atoms with Crippen molar-refractivity contribution in [2.75, 3.05) is 31.9 Å². The average molecular weight is 639 g/mol. The molecule has 1 saturated heterocycles. The van der Waals surface area contributed by atoms with E-state index in [0.717, 1.165) is 6.33 Å². The Morgan fingerprint density at radius 2 is 1.82 bits per heavy atom.